The molecule has 150 valence electrons. The number of ether oxygens (including phenoxy) is 1. The zero-order valence-corrected chi connectivity index (χ0v) is 16.8. The second-order valence-electron chi connectivity index (χ2n) is 7.50. The molecule has 1 aliphatic heterocycles. The van der Waals surface area contributed by atoms with Gasteiger partial charge in [-0.1, -0.05) is 63.3 Å². The Labute approximate surface area is 163 Å². The first kappa shape index (κ1) is 21.4. The van der Waals surface area contributed by atoms with Gasteiger partial charge in [0.05, 0.1) is 6.61 Å². The summed E-state index contributed by atoms with van der Waals surface area (Å²) in [6.07, 6.45) is 9.21. The number of amides is 1. The van der Waals surface area contributed by atoms with Crippen molar-refractivity contribution in [2.75, 3.05) is 13.2 Å². The molecule has 1 aliphatic rings. The van der Waals surface area contributed by atoms with Gasteiger partial charge in [0.25, 0.3) is 5.91 Å². The zero-order valence-electron chi connectivity index (χ0n) is 16.8. The van der Waals surface area contributed by atoms with Crippen LogP contribution in [0.4, 0.5) is 0 Å². The third-order valence-electron chi connectivity index (χ3n) is 5.30. The van der Waals surface area contributed by atoms with Crippen molar-refractivity contribution in [2.24, 2.45) is 5.73 Å². The Morgan fingerprint density at radius 3 is 2.37 bits per heavy atom. The maximum atomic E-state index is 12.6. The molecule has 0 bridgehead atoms. The van der Waals surface area contributed by atoms with Crippen LogP contribution < -0.4 is 5.73 Å². The van der Waals surface area contributed by atoms with Gasteiger partial charge in [-0.05, 0) is 30.9 Å². The molecule has 1 heterocycles. The van der Waals surface area contributed by atoms with E-state index < -0.39 is 11.5 Å². The van der Waals surface area contributed by atoms with Crippen LogP contribution in [0.1, 0.15) is 69.9 Å². The molecular formula is C22H34N2O3. The molecule has 1 atom stereocenters. The van der Waals surface area contributed by atoms with Crippen LogP contribution in [0.15, 0.2) is 24.3 Å². The lowest BCUT2D eigenvalue weighted by atomic mass is 10.00. The average Bonchev–Trinajstić information content (AvgIpc) is 2.96. The number of rotatable bonds is 11. The second-order valence-corrected chi connectivity index (χ2v) is 7.50. The van der Waals surface area contributed by atoms with Crippen LogP contribution in [0.5, 0.6) is 0 Å². The monoisotopic (exact) mass is 374 g/mol. The first-order valence-electron chi connectivity index (χ1n) is 10.3. The number of carbonyl (C=O) groups excluding carboxylic acids is 2. The molecule has 1 fully saturated rings. The first-order valence-corrected chi connectivity index (χ1v) is 10.3. The number of hydrogen-bond acceptors (Lipinski definition) is 4. The van der Waals surface area contributed by atoms with Gasteiger partial charge >= 0.3 is 5.97 Å². The lowest BCUT2D eigenvalue weighted by molar-refractivity contribution is -0.154. The van der Waals surface area contributed by atoms with Crippen molar-refractivity contribution in [1.82, 2.24) is 4.90 Å². The lowest BCUT2D eigenvalue weighted by Crippen LogP contribution is -2.55. The molecule has 2 rings (SSSR count). The second kappa shape index (κ2) is 10.5. The van der Waals surface area contributed by atoms with Crippen LogP contribution in [0.25, 0.3) is 0 Å². The Kier molecular flexibility index (Phi) is 8.29. The van der Waals surface area contributed by atoms with E-state index in [1.165, 1.54) is 44.1 Å². The topological polar surface area (TPSA) is 72.6 Å². The third-order valence-corrected chi connectivity index (χ3v) is 5.30. The number of unbranched alkanes of at least 4 members (excludes halogenated alkanes) is 5. The molecule has 1 aromatic rings. The summed E-state index contributed by atoms with van der Waals surface area (Å²) in [5, 5.41) is 0. The quantitative estimate of drug-likeness (QED) is 0.365. The van der Waals surface area contributed by atoms with E-state index in [-0.39, 0.29) is 12.5 Å². The van der Waals surface area contributed by atoms with Gasteiger partial charge in [0.15, 0.2) is 5.54 Å². The number of nitrogens with zero attached hydrogens (tertiary/aromatic N) is 1. The highest BCUT2D eigenvalue weighted by molar-refractivity contribution is 6.08. The van der Waals surface area contributed by atoms with E-state index in [0.717, 1.165) is 12.0 Å². The van der Waals surface area contributed by atoms with Crippen LogP contribution >= 0.6 is 0 Å². The lowest BCUT2D eigenvalue weighted by Gasteiger charge is -2.21. The van der Waals surface area contributed by atoms with Gasteiger partial charge < -0.3 is 15.4 Å². The summed E-state index contributed by atoms with van der Waals surface area (Å²) in [4.78, 5) is 26.2. The Hall–Kier alpha value is -1.88. The van der Waals surface area contributed by atoms with E-state index in [4.69, 9.17) is 10.5 Å². The van der Waals surface area contributed by atoms with Crippen LogP contribution in [-0.4, -0.2) is 35.5 Å². The number of carbonyl (C=O) groups is 2. The van der Waals surface area contributed by atoms with Crippen molar-refractivity contribution in [3.63, 3.8) is 0 Å². The van der Waals surface area contributed by atoms with Crippen LogP contribution in [-0.2, 0) is 27.3 Å². The molecule has 0 saturated carbocycles. The molecular weight excluding hydrogens is 340 g/mol. The molecule has 0 radical (unpaired) electrons. The Morgan fingerprint density at radius 2 is 1.70 bits per heavy atom. The normalized spacial score (nSPS) is 19.5. The van der Waals surface area contributed by atoms with Gasteiger partial charge in [-0.15, -0.1) is 0 Å². The minimum absolute atomic E-state index is 0.227. The number of benzene rings is 1. The van der Waals surface area contributed by atoms with E-state index in [1.807, 2.05) is 0 Å². The van der Waals surface area contributed by atoms with Gasteiger partial charge in [0.1, 0.15) is 0 Å². The maximum absolute atomic E-state index is 12.6. The third kappa shape index (κ3) is 5.80. The minimum Gasteiger partial charge on any atom is -0.464 e. The van der Waals surface area contributed by atoms with Crippen molar-refractivity contribution in [1.29, 1.82) is 0 Å². The van der Waals surface area contributed by atoms with Crippen LogP contribution in [0.2, 0.25) is 0 Å². The Bertz CT molecular complexity index is 614. The van der Waals surface area contributed by atoms with E-state index >= 15 is 0 Å². The molecule has 5 heteroatoms. The number of hydrogen-bond donors (Lipinski definition) is 1. The van der Waals surface area contributed by atoms with Crippen molar-refractivity contribution in [3.05, 3.63) is 35.4 Å². The summed E-state index contributed by atoms with van der Waals surface area (Å²) in [5.74, 6) is -0.955. The number of nitrogens with two attached hydrogens (primary N) is 1. The van der Waals surface area contributed by atoms with Crippen molar-refractivity contribution in [2.45, 2.75) is 77.3 Å². The van der Waals surface area contributed by atoms with Crippen molar-refractivity contribution in [3.8, 4) is 0 Å². The van der Waals surface area contributed by atoms with E-state index in [2.05, 4.69) is 31.2 Å². The van der Waals surface area contributed by atoms with Gasteiger partial charge in [0, 0.05) is 19.5 Å². The molecule has 1 amide bonds. The summed E-state index contributed by atoms with van der Waals surface area (Å²) in [5.41, 5.74) is 6.91. The molecule has 0 spiro atoms. The molecule has 1 aromatic carbocycles. The maximum Gasteiger partial charge on any atom is 0.336 e. The van der Waals surface area contributed by atoms with Gasteiger partial charge in [-0.3, -0.25) is 4.79 Å². The summed E-state index contributed by atoms with van der Waals surface area (Å²) < 4.78 is 4.97. The largest absolute Gasteiger partial charge is 0.464 e. The van der Waals surface area contributed by atoms with Crippen molar-refractivity contribution < 1.29 is 14.3 Å². The number of esters is 1. The van der Waals surface area contributed by atoms with Crippen LogP contribution in [0.3, 0.4) is 0 Å². The fourth-order valence-electron chi connectivity index (χ4n) is 3.54. The summed E-state index contributed by atoms with van der Waals surface area (Å²) in [6.45, 7) is 5.14. The molecule has 0 aliphatic carbocycles. The predicted octanol–water partition coefficient (Wildman–Crippen LogP) is 3.58. The van der Waals surface area contributed by atoms with Crippen molar-refractivity contribution >= 4 is 11.9 Å². The van der Waals surface area contributed by atoms with Gasteiger partial charge in [-0.25, -0.2) is 4.79 Å². The van der Waals surface area contributed by atoms with Gasteiger partial charge in [0.2, 0.25) is 0 Å². The van der Waals surface area contributed by atoms with E-state index in [1.54, 1.807) is 11.8 Å². The molecule has 2 N–H and O–H groups in total. The predicted molar refractivity (Wildman–Crippen MR) is 107 cm³/mol. The fraction of sp³-hybridized carbons (Fsp3) is 0.636. The summed E-state index contributed by atoms with van der Waals surface area (Å²) in [6, 6.07) is 8.42. The molecule has 0 aromatic heterocycles. The van der Waals surface area contributed by atoms with Gasteiger partial charge in [-0.2, -0.15) is 0 Å². The number of aryl methyl sites for hydroxylation is 1. The minimum atomic E-state index is -1.52. The molecule has 5 nitrogen and oxygen atoms in total. The SMILES string of the molecule is CCCCCCCCc1ccc(CN2CCC(N)(C(=O)OCC)C2=O)cc1. The Morgan fingerprint density at radius 1 is 1.07 bits per heavy atom. The number of likely N-dealkylation sites (tertiary alicyclic amines) is 1. The van der Waals surface area contributed by atoms with Crippen LogP contribution in [0, 0.1) is 0 Å². The Balaban J connectivity index is 1.81. The highest BCUT2D eigenvalue weighted by Crippen LogP contribution is 2.24. The highest BCUT2D eigenvalue weighted by Gasteiger charge is 2.50. The molecule has 1 saturated heterocycles. The smallest absolute Gasteiger partial charge is 0.336 e. The van der Waals surface area contributed by atoms with E-state index in [9.17, 15) is 9.59 Å². The zero-order chi connectivity index (χ0) is 19.7. The average molecular weight is 375 g/mol. The summed E-state index contributed by atoms with van der Waals surface area (Å²) >= 11 is 0. The fourth-order valence-corrected chi connectivity index (χ4v) is 3.54. The molecule has 27 heavy (non-hydrogen) atoms. The first-order chi connectivity index (χ1) is 13.0. The molecule has 1 unspecified atom stereocenters. The summed E-state index contributed by atoms with van der Waals surface area (Å²) in [7, 11) is 0. The highest BCUT2D eigenvalue weighted by atomic mass is 16.5. The van der Waals surface area contributed by atoms with E-state index in [0.29, 0.717) is 19.5 Å². The standard InChI is InChI=1S/C22H34N2O3/c1-3-5-6-7-8-9-10-18-11-13-19(14-12-18)17-24-16-15-22(23,20(24)25)21(26)27-4-2/h11-14H,3-10,15-17,23H2,1-2H3.